The van der Waals surface area contributed by atoms with Gasteiger partial charge in [-0.05, 0) is 29.8 Å². The Morgan fingerprint density at radius 2 is 1.53 bits per heavy atom. The molecule has 0 unspecified atom stereocenters. The fourth-order valence-corrected chi connectivity index (χ4v) is 1.65. The minimum absolute atomic E-state index is 0.193. The molecule has 1 atom stereocenters. The summed E-state index contributed by atoms with van der Waals surface area (Å²) in [7, 11) is 0. The summed E-state index contributed by atoms with van der Waals surface area (Å²) in [5.41, 5.74) is 0.792. The molecule has 0 aliphatic rings. The number of para-hydroxylation sites is 1. The highest BCUT2D eigenvalue weighted by Crippen LogP contribution is 2.23. The second kappa shape index (κ2) is 5.71. The van der Waals surface area contributed by atoms with E-state index in [4.69, 9.17) is 16.3 Å². The Morgan fingerprint density at radius 3 is 2.12 bits per heavy atom. The number of alkyl halides is 1. The van der Waals surface area contributed by atoms with Crippen LogP contribution in [0.25, 0.3) is 0 Å². The Bertz CT molecular complexity index is 453. The molecule has 3 heteroatoms. The Hall–Kier alpha value is -1.51. The average molecular weight is 249 g/mol. The van der Waals surface area contributed by atoms with Crippen LogP contribution < -0.4 is 4.74 Å². The molecule has 2 nitrogen and oxygen atoms in total. The fraction of sp³-hybridized carbons (Fsp3) is 0.143. The molecule has 0 saturated carbocycles. The standard InChI is InChI=1S/C14H13ClO2/c15-10-14(16)11-6-8-13(9-7-11)17-12-4-2-1-3-5-12/h1-9,14,16H,10H2/t14-/m1/s1. The normalized spacial score (nSPS) is 12.1. The number of benzene rings is 2. The zero-order chi connectivity index (χ0) is 12.1. The van der Waals surface area contributed by atoms with Crippen LogP contribution in [0.3, 0.4) is 0 Å². The third-order valence-electron chi connectivity index (χ3n) is 2.39. The van der Waals surface area contributed by atoms with Gasteiger partial charge < -0.3 is 9.84 Å². The van der Waals surface area contributed by atoms with E-state index in [2.05, 4.69) is 0 Å². The van der Waals surface area contributed by atoms with Crippen molar-refractivity contribution < 1.29 is 9.84 Å². The average Bonchev–Trinajstić information content (AvgIpc) is 2.40. The molecule has 0 aromatic heterocycles. The van der Waals surface area contributed by atoms with Gasteiger partial charge in [0.2, 0.25) is 0 Å². The first-order valence-corrected chi connectivity index (χ1v) is 5.90. The van der Waals surface area contributed by atoms with Crippen molar-refractivity contribution in [3.05, 3.63) is 60.2 Å². The smallest absolute Gasteiger partial charge is 0.127 e. The van der Waals surface area contributed by atoms with Gasteiger partial charge in [-0.15, -0.1) is 11.6 Å². The van der Waals surface area contributed by atoms with Crippen molar-refractivity contribution in [3.63, 3.8) is 0 Å². The fourth-order valence-electron chi connectivity index (χ4n) is 1.47. The summed E-state index contributed by atoms with van der Waals surface area (Å²) < 4.78 is 5.63. The molecule has 0 bridgehead atoms. The van der Waals surface area contributed by atoms with Crippen LogP contribution >= 0.6 is 11.6 Å². The summed E-state index contributed by atoms with van der Waals surface area (Å²) in [5, 5.41) is 9.54. The maximum Gasteiger partial charge on any atom is 0.127 e. The Kier molecular flexibility index (Phi) is 4.02. The number of hydrogen-bond acceptors (Lipinski definition) is 2. The molecule has 88 valence electrons. The van der Waals surface area contributed by atoms with Crippen molar-refractivity contribution in [1.82, 2.24) is 0 Å². The summed E-state index contributed by atoms with van der Waals surface area (Å²) >= 11 is 5.57. The minimum Gasteiger partial charge on any atom is -0.457 e. The second-order valence-corrected chi connectivity index (χ2v) is 3.96. The SMILES string of the molecule is O[C@H](CCl)c1ccc(Oc2ccccc2)cc1. The van der Waals surface area contributed by atoms with Crippen LogP contribution in [-0.2, 0) is 0 Å². The lowest BCUT2D eigenvalue weighted by atomic mass is 10.1. The first-order valence-electron chi connectivity index (χ1n) is 5.36. The molecule has 0 saturated heterocycles. The van der Waals surface area contributed by atoms with Crippen LogP contribution in [0.2, 0.25) is 0 Å². The molecule has 0 amide bonds. The number of aliphatic hydroxyl groups excluding tert-OH is 1. The van der Waals surface area contributed by atoms with Gasteiger partial charge in [0.1, 0.15) is 11.5 Å². The van der Waals surface area contributed by atoms with Crippen LogP contribution in [-0.4, -0.2) is 11.0 Å². The van der Waals surface area contributed by atoms with Gasteiger partial charge in [-0.3, -0.25) is 0 Å². The van der Waals surface area contributed by atoms with Crippen molar-refractivity contribution in [2.45, 2.75) is 6.10 Å². The molecular weight excluding hydrogens is 236 g/mol. The third kappa shape index (κ3) is 3.22. The van der Waals surface area contributed by atoms with Gasteiger partial charge in [0.25, 0.3) is 0 Å². The van der Waals surface area contributed by atoms with E-state index in [0.717, 1.165) is 17.1 Å². The Balaban J connectivity index is 2.08. The molecule has 0 aliphatic carbocycles. The topological polar surface area (TPSA) is 29.5 Å². The van der Waals surface area contributed by atoms with E-state index in [1.165, 1.54) is 0 Å². The molecule has 0 fully saturated rings. The summed E-state index contributed by atoms with van der Waals surface area (Å²) in [4.78, 5) is 0. The van der Waals surface area contributed by atoms with Crippen LogP contribution in [0.15, 0.2) is 54.6 Å². The molecule has 2 aromatic carbocycles. The van der Waals surface area contributed by atoms with Crippen LogP contribution in [0.4, 0.5) is 0 Å². The predicted molar refractivity (Wildman–Crippen MR) is 68.6 cm³/mol. The first-order chi connectivity index (χ1) is 8.29. The monoisotopic (exact) mass is 248 g/mol. The van der Waals surface area contributed by atoms with E-state index in [-0.39, 0.29) is 5.88 Å². The second-order valence-electron chi connectivity index (χ2n) is 3.65. The largest absolute Gasteiger partial charge is 0.457 e. The quantitative estimate of drug-likeness (QED) is 0.835. The molecule has 0 radical (unpaired) electrons. The molecule has 2 aromatic rings. The molecule has 0 aliphatic heterocycles. The lowest BCUT2D eigenvalue weighted by Crippen LogP contribution is -1.97. The highest BCUT2D eigenvalue weighted by atomic mass is 35.5. The van der Waals surface area contributed by atoms with Crippen LogP contribution in [0.1, 0.15) is 11.7 Å². The molecule has 17 heavy (non-hydrogen) atoms. The summed E-state index contributed by atoms with van der Waals surface area (Å²) in [6.45, 7) is 0. The number of aliphatic hydroxyl groups is 1. The van der Waals surface area contributed by atoms with Crippen molar-refractivity contribution in [2.24, 2.45) is 0 Å². The molecule has 0 spiro atoms. The molecule has 0 heterocycles. The van der Waals surface area contributed by atoms with Gasteiger partial charge in [-0.1, -0.05) is 30.3 Å². The first kappa shape index (κ1) is 12.0. The van der Waals surface area contributed by atoms with E-state index in [0.29, 0.717) is 0 Å². The van der Waals surface area contributed by atoms with Crippen molar-refractivity contribution in [3.8, 4) is 11.5 Å². The summed E-state index contributed by atoms with van der Waals surface area (Å²) in [6, 6.07) is 16.8. The van der Waals surface area contributed by atoms with E-state index >= 15 is 0 Å². The predicted octanol–water partition coefficient (Wildman–Crippen LogP) is 3.75. The zero-order valence-corrected chi connectivity index (χ0v) is 9.97. The van der Waals surface area contributed by atoms with Crippen molar-refractivity contribution in [1.29, 1.82) is 0 Å². The lowest BCUT2D eigenvalue weighted by molar-refractivity contribution is 0.202. The Labute approximate surface area is 105 Å². The van der Waals surface area contributed by atoms with E-state index in [9.17, 15) is 5.11 Å². The zero-order valence-electron chi connectivity index (χ0n) is 9.21. The number of halogens is 1. The van der Waals surface area contributed by atoms with Gasteiger partial charge in [0.05, 0.1) is 12.0 Å². The maximum atomic E-state index is 9.54. The summed E-state index contributed by atoms with van der Waals surface area (Å²) in [6.07, 6.45) is -0.623. The number of ether oxygens (including phenoxy) is 1. The number of hydrogen-bond donors (Lipinski definition) is 1. The molecule has 2 rings (SSSR count). The van der Waals surface area contributed by atoms with Crippen molar-refractivity contribution in [2.75, 3.05) is 5.88 Å². The van der Waals surface area contributed by atoms with Gasteiger partial charge in [-0.25, -0.2) is 0 Å². The molecule has 1 N–H and O–H groups in total. The lowest BCUT2D eigenvalue weighted by Gasteiger charge is -2.09. The maximum absolute atomic E-state index is 9.54. The van der Waals surface area contributed by atoms with E-state index in [1.807, 2.05) is 54.6 Å². The van der Waals surface area contributed by atoms with Gasteiger partial charge >= 0.3 is 0 Å². The minimum atomic E-state index is -0.623. The van der Waals surface area contributed by atoms with E-state index in [1.54, 1.807) is 0 Å². The van der Waals surface area contributed by atoms with Crippen molar-refractivity contribution >= 4 is 11.6 Å². The number of rotatable bonds is 4. The van der Waals surface area contributed by atoms with Crippen LogP contribution in [0.5, 0.6) is 11.5 Å². The molecular formula is C14H13ClO2. The highest BCUT2D eigenvalue weighted by molar-refractivity contribution is 6.18. The van der Waals surface area contributed by atoms with Gasteiger partial charge in [0.15, 0.2) is 0 Å². The third-order valence-corrected chi connectivity index (χ3v) is 2.68. The van der Waals surface area contributed by atoms with Crippen LogP contribution in [0, 0.1) is 0 Å². The van der Waals surface area contributed by atoms with Gasteiger partial charge in [0, 0.05) is 0 Å². The van der Waals surface area contributed by atoms with Gasteiger partial charge in [-0.2, -0.15) is 0 Å². The summed E-state index contributed by atoms with van der Waals surface area (Å²) in [5.74, 6) is 1.72. The Morgan fingerprint density at radius 1 is 0.941 bits per heavy atom. The highest BCUT2D eigenvalue weighted by Gasteiger charge is 2.05. The van der Waals surface area contributed by atoms with E-state index < -0.39 is 6.10 Å².